The van der Waals surface area contributed by atoms with E-state index in [0.29, 0.717) is 0 Å². The number of rotatable bonds is 1. The van der Waals surface area contributed by atoms with Gasteiger partial charge >= 0.3 is 0 Å². The fourth-order valence-electron chi connectivity index (χ4n) is 1.37. The summed E-state index contributed by atoms with van der Waals surface area (Å²) in [5, 5.41) is 3.87. The van der Waals surface area contributed by atoms with Crippen molar-refractivity contribution < 1.29 is 4.52 Å². The first-order valence-electron chi connectivity index (χ1n) is 4.40. The molecule has 0 aliphatic carbocycles. The molecule has 4 nitrogen and oxygen atoms in total. The Kier molecular flexibility index (Phi) is 2.04. The van der Waals surface area contributed by atoms with Crippen molar-refractivity contribution in [2.75, 3.05) is 0 Å². The van der Waals surface area contributed by atoms with Crippen LogP contribution in [-0.4, -0.2) is 15.1 Å². The number of hydrogen-bond donors (Lipinski definition) is 0. The van der Waals surface area contributed by atoms with Gasteiger partial charge in [-0.3, -0.25) is 9.97 Å². The van der Waals surface area contributed by atoms with Gasteiger partial charge in [-0.2, -0.15) is 0 Å². The number of nitrogens with zero attached hydrogens (tertiary/aromatic N) is 3. The van der Waals surface area contributed by atoms with E-state index in [2.05, 4.69) is 15.1 Å². The monoisotopic (exact) mass is 189 g/mol. The zero-order valence-electron chi connectivity index (χ0n) is 8.40. The second-order valence-electron chi connectivity index (χ2n) is 3.24. The summed E-state index contributed by atoms with van der Waals surface area (Å²) in [5.74, 6) is 0.778. The van der Waals surface area contributed by atoms with Crippen molar-refractivity contribution in [3.8, 4) is 11.3 Å². The van der Waals surface area contributed by atoms with Gasteiger partial charge in [-0.15, -0.1) is 0 Å². The van der Waals surface area contributed by atoms with Crippen LogP contribution in [0.4, 0.5) is 0 Å². The van der Waals surface area contributed by atoms with E-state index in [1.807, 2.05) is 20.8 Å². The van der Waals surface area contributed by atoms with Crippen LogP contribution in [0.3, 0.4) is 0 Å². The number of aromatic nitrogens is 3. The van der Waals surface area contributed by atoms with E-state index in [9.17, 15) is 0 Å². The Hall–Kier alpha value is -1.71. The summed E-state index contributed by atoms with van der Waals surface area (Å²) >= 11 is 0. The summed E-state index contributed by atoms with van der Waals surface area (Å²) in [5.41, 5.74) is 3.51. The predicted octanol–water partition coefficient (Wildman–Crippen LogP) is 2.06. The SMILES string of the molecule is Cc1cnc(-c2c(C)noc2C)cn1. The first-order valence-corrected chi connectivity index (χ1v) is 4.40. The molecule has 72 valence electrons. The van der Waals surface area contributed by atoms with Gasteiger partial charge in [-0.1, -0.05) is 5.16 Å². The van der Waals surface area contributed by atoms with Gasteiger partial charge in [0.25, 0.3) is 0 Å². The molecule has 0 unspecified atom stereocenters. The molecule has 0 radical (unpaired) electrons. The van der Waals surface area contributed by atoms with E-state index < -0.39 is 0 Å². The largest absolute Gasteiger partial charge is 0.361 e. The van der Waals surface area contributed by atoms with Crippen LogP contribution < -0.4 is 0 Å². The molecule has 0 saturated carbocycles. The van der Waals surface area contributed by atoms with Gasteiger partial charge < -0.3 is 4.52 Å². The van der Waals surface area contributed by atoms with Crippen molar-refractivity contribution in [2.24, 2.45) is 0 Å². The van der Waals surface area contributed by atoms with Crippen LogP contribution >= 0.6 is 0 Å². The van der Waals surface area contributed by atoms with Gasteiger partial charge in [0.05, 0.1) is 28.8 Å². The second-order valence-corrected chi connectivity index (χ2v) is 3.24. The van der Waals surface area contributed by atoms with Crippen molar-refractivity contribution in [3.05, 3.63) is 29.5 Å². The Labute approximate surface area is 82.0 Å². The van der Waals surface area contributed by atoms with Crippen molar-refractivity contribution in [1.29, 1.82) is 0 Å². The van der Waals surface area contributed by atoms with E-state index >= 15 is 0 Å². The van der Waals surface area contributed by atoms with Crippen LogP contribution in [0.15, 0.2) is 16.9 Å². The van der Waals surface area contributed by atoms with Gasteiger partial charge in [0, 0.05) is 6.20 Å². The van der Waals surface area contributed by atoms with E-state index in [-0.39, 0.29) is 0 Å². The highest BCUT2D eigenvalue weighted by molar-refractivity contribution is 5.62. The van der Waals surface area contributed by atoms with Crippen molar-refractivity contribution in [1.82, 2.24) is 15.1 Å². The Balaban J connectivity index is 2.54. The molecule has 0 aliphatic heterocycles. The smallest absolute Gasteiger partial charge is 0.143 e. The van der Waals surface area contributed by atoms with Crippen LogP contribution in [0.1, 0.15) is 17.1 Å². The molecule has 0 aromatic carbocycles. The van der Waals surface area contributed by atoms with Crippen molar-refractivity contribution in [2.45, 2.75) is 20.8 Å². The molecule has 0 bridgehead atoms. The normalized spacial score (nSPS) is 10.5. The molecule has 0 N–H and O–H groups in total. The minimum atomic E-state index is 0.778. The molecule has 4 heteroatoms. The van der Waals surface area contributed by atoms with Crippen LogP contribution in [-0.2, 0) is 0 Å². The first kappa shape index (κ1) is 8.87. The maximum absolute atomic E-state index is 5.06. The van der Waals surface area contributed by atoms with Crippen LogP contribution in [0.5, 0.6) is 0 Å². The summed E-state index contributed by atoms with van der Waals surface area (Å²) in [6.07, 6.45) is 3.48. The summed E-state index contributed by atoms with van der Waals surface area (Å²) in [6, 6.07) is 0. The van der Waals surface area contributed by atoms with E-state index in [1.165, 1.54) is 0 Å². The van der Waals surface area contributed by atoms with Gasteiger partial charge in [-0.25, -0.2) is 0 Å². The zero-order valence-corrected chi connectivity index (χ0v) is 8.40. The Morgan fingerprint density at radius 2 is 1.86 bits per heavy atom. The van der Waals surface area contributed by atoms with Gasteiger partial charge in [0.15, 0.2) is 0 Å². The molecule has 2 rings (SSSR count). The molecule has 0 amide bonds. The fraction of sp³-hybridized carbons (Fsp3) is 0.300. The summed E-state index contributed by atoms with van der Waals surface area (Å²) < 4.78 is 5.06. The molecule has 0 fully saturated rings. The van der Waals surface area contributed by atoms with Crippen molar-refractivity contribution >= 4 is 0 Å². The Morgan fingerprint density at radius 1 is 1.07 bits per heavy atom. The standard InChI is InChI=1S/C10H11N3O/c1-6-4-12-9(5-11-6)10-7(2)13-14-8(10)3/h4-5H,1-3H3. The molecule has 2 aromatic heterocycles. The lowest BCUT2D eigenvalue weighted by Gasteiger charge is -1.98. The highest BCUT2D eigenvalue weighted by atomic mass is 16.5. The fourth-order valence-corrected chi connectivity index (χ4v) is 1.37. The van der Waals surface area contributed by atoms with Gasteiger partial charge in [0.1, 0.15) is 5.76 Å². The Bertz CT molecular complexity index is 425. The summed E-state index contributed by atoms with van der Waals surface area (Å²) in [6.45, 7) is 5.67. The third kappa shape index (κ3) is 1.39. The molecule has 0 aliphatic rings. The molecular formula is C10H11N3O. The molecule has 2 heterocycles. The highest BCUT2D eigenvalue weighted by Crippen LogP contribution is 2.23. The molecular weight excluding hydrogens is 178 g/mol. The lowest BCUT2D eigenvalue weighted by Crippen LogP contribution is -1.89. The third-order valence-corrected chi connectivity index (χ3v) is 2.07. The average Bonchev–Trinajstić information content (AvgIpc) is 2.49. The van der Waals surface area contributed by atoms with Gasteiger partial charge in [0.2, 0.25) is 0 Å². The van der Waals surface area contributed by atoms with Crippen LogP contribution in [0, 0.1) is 20.8 Å². The lowest BCUT2D eigenvalue weighted by molar-refractivity contribution is 0.393. The van der Waals surface area contributed by atoms with E-state index in [0.717, 1.165) is 28.4 Å². The van der Waals surface area contributed by atoms with Crippen molar-refractivity contribution in [3.63, 3.8) is 0 Å². The van der Waals surface area contributed by atoms with Crippen LogP contribution in [0.25, 0.3) is 11.3 Å². The minimum absolute atomic E-state index is 0.778. The number of hydrogen-bond acceptors (Lipinski definition) is 4. The quantitative estimate of drug-likeness (QED) is 0.689. The molecule has 0 saturated heterocycles. The maximum Gasteiger partial charge on any atom is 0.143 e. The predicted molar refractivity (Wildman–Crippen MR) is 51.7 cm³/mol. The van der Waals surface area contributed by atoms with Gasteiger partial charge in [-0.05, 0) is 20.8 Å². The van der Waals surface area contributed by atoms with Crippen LogP contribution in [0.2, 0.25) is 0 Å². The molecule has 2 aromatic rings. The molecule has 0 spiro atoms. The minimum Gasteiger partial charge on any atom is -0.361 e. The summed E-state index contributed by atoms with van der Waals surface area (Å²) in [4.78, 5) is 8.47. The van der Waals surface area contributed by atoms with E-state index in [4.69, 9.17) is 4.52 Å². The topological polar surface area (TPSA) is 51.8 Å². The van der Waals surface area contributed by atoms with E-state index in [1.54, 1.807) is 12.4 Å². The number of aryl methyl sites for hydroxylation is 3. The zero-order chi connectivity index (χ0) is 10.1. The Morgan fingerprint density at radius 3 is 2.36 bits per heavy atom. The lowest BCUT2D eigenvalue weighted by atomic mass is 10.1. The second kappa shape index (κ2) is 3.21. The molecule has 14 heavy (non-hydrogen) atoms. The molecule has 0 atom stereocenters. The highest BCUT2D eigenvalue weighted by Gasteiger charge is 2.12. The summed E-state index contributed by atoms with van der Waals surface area (Å²) in [7, 11) is 0. The first-order chi connectivity index (χ1) is 6.68. The average molecular weight is 189 g/mol. The third-order valence-electron chi connectivity index (χ3n) is 2.07. The maximum atomic E-state index is 5.06.